The van der Waals surface area contributed by atoms with Gasteiger partial charge >= 0.3 is 37.7 Å². The van der Waals surface area contributed by atoms with Gasteiger partial charge in [0.25, 0.3) is 0 Å². The van der Waals surface area contributed by atoms with Crippen molar-refractivity contribution in [2.75, 3.05) is 0 Å². The molecule has 0 aliphatic rings. The molecule has 0 atom stereocenters. The maximum Gasteiger partial charge on any atom is 1.00 e. The van der Waals surface area contributed by atoms with Crippen LogP contribution in [0.5, 0.6) is 0 Å². The fourth-order valence-corrected chi connectivity index (χ4v) is 2.27. The molecule has 2 rings (SSSR count). The summed E-state index contributed by atoms with van der Waals surface area (Å²) in [5.74, 6) is 0. The van der Waals surface area contributed by atoms with E-state index in [1.165, 1.54) is 44.5 Å². The molecule has 0 saturated heterocycles. The second kappa shape index (κ2) is 9.02. The second-order valence-corrected chi connectivity index (χ2v) is 5.52. The first-order valence-corrected chi connectivity index (χ1v) is 6.65. The standard InChI is InChI=1S/2C9H13.2Li/c2*1-6-5-7(2)9(4)8(6)3;;/h2*5H,1-4H3;;/q2*-1;2*+1. The average Bonchev–Trinajstić information content (AvgIpc) is 2.66. The zero-order valence-corrected chi connectivity index (χ0v) is 15.2. The van der Waals surface area contributed by atoms with Crippen molar-refractivity contribution in [3.63, 3.8) is 0 Å². The molecule has 0 N–H and O–H groups in total. The van der Waals surface area contributed by atoms with Crippen molar-refractivity contribution in [1.29, 1.82) is 0 Å². The summed E-state index contributed by atoms with van der Waals surface area (Å²) in [6.45, 7) is 17.4. The molecule has 0 unspecified atom stereocenters. The van der Waals surface area contributed by atoms with E-state index < -0.39 is 0 Å². The first-order chi connectivity index (χ1) is 8.25. The van der Waals surface area contributed by atoms with Gasteiger partial charge in [-0.15, -0.1) is 0 Å². The molecule has 0 nitrogen and oxygen atoms in total. The summed E-state index contributed by atoms with van der Waals surface area (Å²) in [5, 5.41) is 0. The Hall–Kier alpha value is -0.105. The monoisotopic (exact) mass is 256 g/mol. The zero-order chi connectivity index (χ0) is 14.0. The van der Waals surface area contributed by atoms with Crippen molar-refractivity contribution in [1.82, 2.24) is 0 Å². The van der Waals surface area contributed by atoms with Gasteiger partial charge in [-0.2, -0.15) is 44.5 Å². The molecule has 0 heterocycles. The van der Waals surface area contributed by atoms with Gasteiger partial charge in [-0.25, -0.2) is 12.1 Å². The third-order valence-electron chi connectivity index (χ3n) is 4.36. The van der Waals surface area contributed by atoms with Gasteiger partial charge in [0.2, 0.25) is 0 Å². The topological polar surface area (TPSA) is 0 Å². The largest absolute Gasteiger partial charge is 1.00 e. The summed E-state index contributed by atoms with van der Waals surface area (Å²) in [4.78, 5) is 0. The molecule has 20 heavy (non-hydrogen) atoms. The van der Waals surface area contributed by atoms with Crippen LogP contribution in [-0.4, -0.2) is 0 Å². The summed E-state index contributed by atoms with van der Waals surface area (Å²) in [5.41, 5.74) is 11.5. The van der Waals surface area contributed by atoms with Crippen molar-refractivity contribution in [2.45, 2.75) is 55.4 Å². The van der Waals surface area contributed by atoms with Crippen LogP contribution in [0, 0.1) is 55.4 Å². The Labute approximate surface area is 149 Å². The van der Waals surface area contributed by atoms with Crippen LogP contribution in [0.2, 0.25) is 0 Å². The van der Waals surface area contributed by atoms with Gasteiger partial charge in [0.05, 0.1) is 0 Å². The first kappa shape index (κ1) is 22.2. The molecule has 0 aliphatic carbocycles. The predicted molar refractivity (Wildman–Crippen MR) is 82.0 cm³/mol. The molecule has 2 aromatic carbocycles. The predicted octanol–water partition coefficient (Wildman–Crippen LogP) is -0.714. The third kappa shape index (κ3) is 5.02. The van der Waals surface area contributed by atoms with Gasteiger partial charge in [-0.3, -0.25) is 0 Å². The minimum atomic E-state index is 0. The van der Waals surface area contributed by atoms with Gasteiger partial charge in [-0.1, -0.05) is 55.4 Å². The van der Waals surface area contributed by atoms with Crippen molar-refractivity contribution in [2.24, 2.45) is 0 Å². The van der Waals surface area contributed by atoms with Gasteiger partial charge in [0, 0.05) is 0 Å². The molecule has 0 fully saturated rings. The summed E-state index contributed by atoms with van der Waals surface area (Å²) in [6, 6.07) is 4.48. The van der Waals surface area contributed by atoms with Crippen LogP contribution in [0.1, 0.15) is 44.5 Å². The Morgan fingerprint density at radius 3 is 0.900 bits per heavy atom. The van der Waals surface area contributed by atoms with Crippen molar-refractivity contribution in [3.05, 3.63) is 56.6 Å². The van der Waals surface area contributed by atoms with Gasteiger partial charge in [0.1, 0.15) is 0 Å². The Morgan fingerprint density at radius 1 is 0.600 bits per heavy atom. The second-order valence-electron chi connectivity index (χ2n) is 5.52. The van der Waals surface area contributed by atoms with Crippen LogP contribution in [0.25, 0.3) is 0 Å². The van der Waals surface area contributed by atoms with Gasteiger partial charge in [0.15, 0.2) is 0 Å². The summed E-state index contributed by atoms with van der Waals surface area (Å²) >= 11 is 0. The van der Waals surface area contributed by atoms with E-state index in [0.29, 0.717) is 0 Å². The maximum absolute atomic E-state index is 2.24. The van der Waals surface area contributed by atoms with Crippen molar-refractivity contribution < 1.29 is 37.7 Å². The molecule has 2 heteroatoms. The molecule has 2 aromatic rings. The van der Waals surface area contributed by atoms with Crippen molar-refractivity contribution in [3.8, 4) is 0 Å². The van der Waals surface area contributed by atoms with Crippen LogP contribution in [-0.2, 0) is 0 Å². The average molecular weight is 256 g/mol. The van der Waals surface area contributed by atoms with E-state index in [0.717, 1.165) is 0 Å². The smallest absolute Gasteiger partial charge is 0.207 e. The fourth-order valence-electron chi connectivity index (χ4n) is 2.27. The number of hydrogen-bond acceptors (Lipinski definition) is 0. The fraction of sp³-hybridized carbons (Fsp3) is 0.444. The molecule has 0 amide bonds. The zero-order valence-electron chi connectivity index (χ0n) is 15.2. The molecule has 0 aliphatic heterocycles. The molecule has 0 saturated carbocycles. The molecular formula is C18H26Li2. The van der Waals surface area contributed by atoms with Crippen LogP contribution in [0.4, 0.5) is 0 Å². The van der Waals surface area contributed by atoms with Gasteiger partial charge in [-0.05, 0) is 0 Å². The minimum Gasteiger partial charge on any atom is -0.207 e. The van der Waals surface area contributed by atoms with E-state index in [2.05, 4.69) is 67.5 Å². The molecule has 0 spiro atoms. The third-order valence-corrected chi connectivity index (χ3v) is 4.36. The van der Waals surface area contributed by atoms with E-state index in [9.17, 15) is 0 Å². The molecule has 0 aromatic heterocycles. The Morgan fingerprint density at radius 2 is 0.850 bits per heavy atom. The quantitative estimate of drug-likeness (QED) is 0.431. The molecule has 0 bridgehead atoms. The number of aryl methyl sites for hydroxylation is 4. The van der Waals surface area contributed by atoms with E-state index >= 15 is 0 Å². The Bertz CT molecular complexity index is 447. The van der Waals surface area contributed by atoms with Crippen molar-refractivity contribution >= 4 is 0 Å². The van der Waals surface area contributed by atoms with Crippen LogP contribution < -0.4 is 37.7 Å². The van der Waals surface area contributed by atoms with E-state index in [1.807, 2.05) is 0 Å². The SMILES string of the molecule is Cc1cc(C)[c-](C)c1C.Cc1cc(C)[c-](C)c1C.[Li+].[Li+]. The minimum absolute atomic E-state index is 0. The number of rotatable bonds is 0. The Kier molecular flexibility index (Phi) is 10.0. The van der Waals surface area contributed by atoms with Crippen LogP contribution >= 0.6 is 0 Å². The molecule has 100 valence electrons. The summed E-state index contributed by atoms with van der Waals surface area (Å²) in [6.07, 6.45) is 0. The number of hydrogen-bond donors (Lipinski definition) is 0. The Balaban J connectivity index is 0. The summed E-state index contributed by atoms with van der Waals surface area (Å²) < 4.78 is 0. The van der Waals surface area contributed by atoms with E-state index in [-0.39, 0.29) is 37.7 Å². The van der Waals surface area contributed by atoms with Crippen LogP contribution in [0.15, 0.2) is 12.1 Å². The van der Waals surface area contributed by atoms with E-state index in [4.69, 9.17) is 0 Å². The maximum atomic E-state index is 2.24. The molecular weight excluding hydrogens is 230 g/mol. The molecule has 0 radical (unpaired) electrons. The summed E-state index contributed by atoms with van der Waals surface area (Å²) in [7, 11) is 0. The first-order valence-electron chi connectivity index (χ1n) is 6.65. The van der Waals surface area contributed by atoms with Gasteiger partial charge < -0.3 is 0 Å². The van der Waals surface area contributed by atoms with Crippen LogP contribution in [0.3, 0.4) is 0 Å². The normalized spacial score (nSPS) is 9.20. The van der Waals surface area contributed by atoms with E-state index in [1.54, 1.807) is 0 Å².